The molecule has 0 spiro atoms. The molecule has 0 aliphatic carbocycles. The SMILES string of the molecule is CCOC(=O)N1CCC(c2ccc(O)c(=O)cc2)CC1. The van der Waals surface area contributed by atoms with E-state index in [9.17, 15) is 14.7 Å². The Labute approximate surface area is 117 Å². The zero-order valence-electron chi connectivity index (χ0n) is 11.5. The third-order valence-electron chi connectivity index (χ3n) is 3.61. The molecule has 0 atom stereocenters. The first-order chi connectivity index (χ1) is 9.61. The summed E-state index contributed by atoms with van der Waals surface area (Å²) in [6, 6.07) is 6.37. The molecule has 0 saturated carbocycles. The molecule has 1 fully saturated rings. The van der Waals surface area contributed by atoms with E-state index < -0.39 is 0 Å². The lowest BCUT2D eigenvalue weighted by atomic mass is 9.90. The van der Waals surface area contributed by atoms with Crippen molar-refractivity contribution in [2.45, 2.75) is 25.7 Å². The molecule has 1 amide bonds. The van der Waals surface area contributed by atoms with Crippen LogP contribution in [0.4, 0.5) is 4.79 Å². The number of hydrogen-bond donors (Lipinski definition) is 1. The van der Waals surface area contributed by atoms with E-state index in [-0.39, 0.29) is 17.3 Å². The Balaban J connectivity index is 2.02. The number of hydrogen-bond acceptors (Lipinski definition) is 4. The second-order valence-electron chi connectivity index (χ2n) is 4.88. The molecule has 1 N–H and O–H groups in total. The Morgan fingerprint density at radius 2 is 1.95 bits per heavy atom. The van der Waals surface area contributed by atoms with Crippen molar-refractivity contribution in [3.05, 3.63) is 40.1 Å². The number of carbonyl (C=O) groups excluding carboxylic acids is 1. The van der Waals surface area contributed by atoms with Crippen molar-refractivity contribution in [1.82, 2.24) is 4.90 Å². The van der Waals surface area contributed by atoms with Crippen molar-refractivity contribution in [3.8, 4) is 5.75 Å². The second-order valence-corrected chi connectivity index (χ2v) is 4.88. The minimum Gasteiger partial charge on any atom is -0.504 e. The molecular formula is C15H19NO4. The maximum atomic E-state index is 11.6. The minimum atomic E-state index is -0.375. The number of rotatable bonds is 2. The van der Waals surface area contributed by atoms with Crippen LogP contribution in [0.25, 0.3) is 0 Å². The number of aromatic hydroxyl groups is 1. The van der Waals surface area contributed by atoms with Gasteiger partial charge in [-0.3, -0.25) is 4.79 Å². The fourth-order valence-electron chi connectivity index (χ4n) is 2.45. The van der Waals surface area contributed by atoms with Gasteiger partial charge in [0.15, 0.2) is 5.75 Å². The van der Waals surface area contributed by atoms with E-state index in [0.29, 0.717) is 25.6 Å². The predicted octanol–water partition coefficient (Wildman–Crippen LogP) is 2.09. The van der Waals surface area contributed by atoms with Crippen LogP contribution in [0.2, 0.25) is 0 Å². The number of nitrogens with zero attached hydrogens (tertiary/aromatic N) is 1. The molecule has 2 rings (SSSR count). The Morgan fingerprint density at radius 1 is 1.30 bits per heavy atom. The molecule has 1 heterocycles. The van der Waals surface area contributed by atoms with Crippen molar-refractivity contribution < 1.29 is 14.6 Å². The smallest absolute Gasteiger partial charge is 0.409 e. The summed E-state index contributed by atoms with van der Waals surface area (Å²) in [5, 5.41) is 9.39. The van der Waals surface area contributed by atoms with Gasteiger partial charge in [0, 0.05) is 13.1 Å². The summed E-state index contributed by atoms with van der Waals surface area (Å²) in [6.07, 6.45) is 1.40. The van der Waals surface area contributed by atoms with Gasteiger partial charge in [-0.2, -0.15) is 0 Å². The van der Waals surface area contributed by atoms with Gasteiger partial charge in [0.25, 0.3) is 0 Å². The van der Waals surface area contributed by atoms with Crippen molar-refractivity contribution in [2.75, 3.05) is 19.7 Å². The molecule has 1 aliphatic heterocycles. The van der Waals surface area contributed by atoms with E-state index in [1.54, 1.807) is 24.0 Å². The molecule has 0 aromatic heterocycles. The van der Waals surface area contributed by atoms with Gasteiger partial charge in [-0.15, -0.1) is 0 Å². The van der Waals surface area contributed by atoms with Crippen LogP contribution in [0.3, 0.4) is 0 Å². The topological polar surface area (TPSA) is 66.8 Å². The Hall–Kier alpha value is -2.04. The van der Waals surface area contributed by atoms with Crippen LogP contribution in [0.1, 0.15) is 31.2 Å². The number of carbonyl (C=O) groups is 1. The van der Waals surface area contributed by atoms with E-state index >= 15 is 0 Å². The molecule has 1 aromatic rings. The zero-order chi connectivity index (χ0) is 14.5. The highest BCUT2D eigenvalue weighted by Gasteiger charge is 2.24. The summed E-state index contributed by atoms with van der Waals surface area (Å²) in [4.78, 5) is 24.7. The maximum absolute atomic E-state index is 11.6. The Kier molecular flexibility index (Phi) is 4.61. The quantitative estimate of drug-likeness (QED) is 0.898. The molecule has 20 heavy (non-hydrogen) atoms. The lowest BCUT2D eigenvalue weighted by Gasteiger charge is -2.31. The average molecular weight is 277 g/mol. The summed E-state index contributed by atoms with van der Waals surface area (Å²) in [6.45, 7) is 3.48. The standard InChI is InChI=1S/C15H19NO4/c1-2-20-15(19)16-9-7-12(8-10-16)11-3-5-13(17)14(18)6-4-11/h3-6,12H,2,7-10H2,1H3,(H,17,18). The van der Waals surface area contributed by atoms with Crippen molar-refractivity contribution in [1.29, 1.82) is 0 Å². The molecule has 5 heteroatoms. The molecule has 0 bridgehead atoms. The molecule has 1 aromatic carbocycles. The van der Waals surface area contributed by atoms with Crippen LogP contribution in [0, 0.1) is 0 Å². The lowest BCUT2D eigenvalue weighted by Crippen LogP contribution is -2.38. The van der Waals surface area contributed by atoms with Crippen molar-refractivity contribution >= 4 is 6.09 Å². The maximum Gasteiger partial charge on any atom is 0.409 e. The predicted molar refractivity (Wildman–Crippen MR) is 74.9 cm³/mol. The number of piperidine rings is 1. The van der Waals surface area contributed by atoms with E-state index in [1.807, 2.05) is 0 Å². The molecule has 1 saturated heterocycles. The third-order valence-corrected chi connectivity index (χ3v) is 3.61. The molecule has 0 unspecified atom stereocenters. The first-order valence-electron chi connectivity index (χ1n) is 6.86. The van der Waals surface area contributed by atoms with Gasteiger partial charge in [0.1, 0.15) is 0 Å². The normalized spacial score (nSPS) is 15.9. The van der Waals surface area contributed by atoms with Crippen LogP contribution in [-0.2, 0) is 4.74 Å². The Morgan fingerprint density at radius 3 is 2.60 bits per heavy atom. The number of ether oxygens (including phenoxy) is 1. The highest BCUT2D eigenvalue weighted by Crippen LogP contribution is 2.27. The van der Waals surface area contributed by atoms with Crippen molar-refractivity contribution in [2.24, 2.45) is 0 Å². The molecule has 1 aliphatic rings. The van der Waals surface area contributed by atoms with Gasteiger partial charge in [0.2, 0.25) is 5.43 Å². The molecule has 108 valence electrons. The van der Waals surface area contributed by atoms with Gasteiger partial charge in [-0.25, -0.2) is 4.79 Å². The first-order valence-corrected chi connectivity index (χ1v) is 6.86. The second kappa shape index (κ2) is 6.41. The van der Waals surface area contributed by atoms with E-state index in [4.69, 9.17) is 4.74 Å². The van der Waals surface area contributed by atoms with E-state index in [2.05, 4.69) is 0 Å². The number of likely N-dealkylation sites (tertiary alicyclic amines) is 1. The fourth-order valence-corrected chi connectivity index (χ4v) is 2.45. The van der Waals surface area contributed by atoms with Gasteiger partial charge >= 0.3 is 6.09 Å². The summed E-state index contributed by atoms with van der Waals surface area (Å²) in [5.41, 5.74) is 0.645. The van der Waals surface area contributed by atoms with E-state index in [1.165, 1.54) is 12.1 Å². The average Bonchev–Trinajstić information content (AvgIpc) is 2.62. The van der Waals surface area contributed by atoms with Gasteiger partial charge in [-0.1, -0.05) is 12.1 Å². The van der Waals surface area contributed by atoms with Crippen LogP contribution in [-0.4, -0.2) is 35.8 Å². The summed E-state index contributed by atoms with van der Waals surface area (Å²) in [5.74, 6) is 0.0621. The van der Waals surface area contributed by atoms with Gasteiger partial charge < -0.3 is 14.7 Å². The molecule has 0 radical (unpaired) electrons. The van der Waals surface area contributed by atoms with Gasteiger partial charge in [0.05, 0.1) is 6.61 Å². The largest absolute Gasteiger partial charge is 0.504 e. The van der Waals surface area contributed by atoms with Crippen LogP contribution in [0.15, 0.2) is 29.1 Å². The lowest BCUT2D eigenvalue weighted by molar-refractivity contribution is 0.0971. The fraction of sp³-hybridized carbons (Fsp3) is 0.467. The molecular weight excluding hydrogens is 258 g/mol. The van der Waals surface area contributed by atoms with Crippen LogP contribution in [0.5, 0.6) is 5.75 Å². The van der Waals surface area contributed by atoms with E-state index in [0.717, 1.165) is 18.4 Å². The summed E-state index contributed by atoms with van der Waals surface area (Å²) in [7, 11) is 0. The first kappa shape index (κ1) is 14.4. The highest BCUT2D eigenvalue weighted by atomic mass is 16.6. The number of amides is 1. The monoisotopic (exact) mass is 277 g/mol. The van der Waals surface area contributed by atoms with Crippen LogP contribution >= 0.6 is 0 Å². The summed E-state index contributed by atoms with van der Waals surface area (Å²) >= 11 is 0. The van der Waals surface area contributed by atoms with Crippen LogP contribution < -0.4 is 5.43 Å². The Bertz CT molecular complexity index is 536. The van der Waals surface area contributed by atoms with Crippen molar-refractivity contribution in [3.63, 3.8) is 0 Å². The third kappa shape index (κ3) is 3.29. The highest BCUT2D eigenvalue weighted by molar-refractivity contribution is 5.67. The summed E-state index contributed by atoms with van der Waals surface area (Å²) < 4.78 is 4.98. The van der Waals surface area contributed by atoms with Gasteiger partial charge in [-0.05, 0) is 43.4 Å². The molecule has 5 nitrogen and oxygen atoms in total. The zero-order valence-corrected chi connectivity index (χ0v) is 11.5. The minimum absolute atomic E-state index is 0.236.